The predicted octanol–water partition coefficient (Wildman–Crippen LogP) is 6.37. The molecule has 0 aliphatic carbocycles. The molecule has 1 unspecified atom stereocenters. The van der Waals surface area contributed by atoms with Crippen molar-refractivity contribution >= 4 is 5.97 Å². The monoisotopic (exact) mass is 382 g/mol. The third-order valence-corrected chi connectivity index (χ3v) is 5.38. The second kappa shape index (κ2) is 8.81. The molecule has 0 N–H and O–H groups in total. The van der Waals surface area contributed by atoms with Gasteiger partial charge in [-0.25, -0.2) is 0 Å². The van der Waals surface area contributed by atoms with Gasteiger partial charge in [0.15, 0.2) is 0 Å². The van der Waals surface area contributed by atoms with Crippen LogP contribution in [0.1, 0.15) is 70.2 Å². The van der Waals surface area contributed by atoms with Gasteiger partial charge in [-0.1, -0.05) is 58.9 Å². The number of ether oxygens (including phenoxy) is 2. The van der Waals surface area contributed by atoms with Crippen LogP contribution >= 0.6 is 0 Å². The van der Waals surface area contributed by atoms with Crippen LogP contribution in [0.2, 0.25) is 0 Å². The maximum atomic E-state index is 11.9. The maximum absolute atomic E-state index is 11.9. The Kier molecular flexibility index (Phi) is 6.92. The minimum atomic E-state index is -0.206. The lowest BCUT2D eigenvalue weighted by molar-refractivity contribution is -0.137. The van der Waals surface area contributed by atoms with Gasteiger partial charge in [0.2, 0.25) is 0 Å². The van der Waals surface area contributed by atoms with Gasteiger partial charge < -0.3 is 9.47 Å². The highest BCUT2D eigenvalue weighted by atomic mass is 16.5. The molecule has 3 nitrogen and oxygen atoms in total. The average Bonchev–Trinajstić information content (AvgIpc) is 2.64. The summed E-state index contributed by atoms with van der Waals surface area (Å²) in [6, 6.07) is 12.5. The lowest BCUT2D eigenvalue weighted by Gasteiger charge is -2.28. The van der Waals surface area contributed by atoms with Gasteiger partial charge in [0.1, 0.15) is 11.5 Å². The van der Waals surface area contributed by atoms with Crippen molar-refractivity contribution in [1.82, 2.24) is 0 Å². The molecule has 0 amide bonds. The molecule has 0 bridgehead atoms. The first-order valence-electron chi connectivity index (χ1n) is 10.2. The van der Waals surface area contributed by atoms with E-state index in [9.17, 15) is 4.79 Å². The van der Waals surface area contributed by atoms with E-state index in [1.54, 1.807) is 0 Å². The lowest BCUT2D eigenvalue weighted by atomic mass is 9.77. The summed E-state index contributed by atoms with van der Waals surface area (Å²) < 4.78 is 11.5. The largest absolute Gasteiger partial charge is 0.490 e. The van der Waals surface area contributed by atoms with Crippen LogP contribution in [0.25, 0.3) is 0 Å². The zero-order chi connectivity index (χ0) is 21.1. The van der Waals surface area contributed by atoms with Crippen LogP contribution in [0.4, 0.5) is 0 Å². The lowest BCUT2D eigenvalue weighted by Crippen LogP contribution is -2.20. The third kappa shape index (κ3) is 4.95. The summed E-state index contributed by atoms with van der Waals surface area (Å²) in [7, 11) is 0. The molecule has 0 spiro atoms. The molecule has 0 saturated heterocycles. The van der Waals surface area contributed by atoms with E-state index in [0.29, 0.717) is 5.75 Å². The number of benzene rings is 2. The molecular weight excluding hydrogens is 348 g/mol. The van der Waals surface area contributed by atoms with E-state index in [1.165, 1.54) is 11.1 Å². The molecule has 28 heavy (non-hydrogen) atoms. The average molecular weight is 383 g/mol. The second-order valence-electron chi connectivity index (χ2n) is 8.50. The minimum absolute atomic E-state index is 0.144. The van der Waals surface area contributed by atoms with Gasteiger partial charge in [0.25, 0.3) is 0 Å². The molecule has 0 fully saturated rings. The molecule has 2 aromatic carbocycles. The van der Waals surface area contributed by atoms with Crippen LogP contribution in [0.15, 0.2) is 36.4 Å². The van der Waals surface area contributed by atoms with Gasteiger partial charge in [0, 0.05) is 5.41 Å². The molecule has 0 saturated carbocycles. The van der Waals surface area contributed by atoms with E-state index in [4.69, 9.17) is 9.47 Å². The summed E-state index contributed by atoms with van der Waals surface area (Å²) in [6.07, 6.45) is 1.20. The summed E-state index contributed by atoms with van der Waals surface area (Å²) in [6.45, 7) is 16.4. The van der Waals surface area contributed by atoms with Crippen molar-refractivity contribution in [3.8, 4) is 11.5 Å². The van der Waals surface area contributed by atoms with Crippen LogP contribution in [0, 0.1) is 19.8 Å². The van der Waals surface area contributed by atoms with Crippen molar-refractivity contribution in [3.63, 3.8) is 0 Å². The Hall–Kier alpha value is -2.29. The van der Waals surface area contributed by atoms with Crippen molar-refractivity contribution in [2.45, 2.75) is 73.3 Å². The number of rotatable bonds is 7. The Morgan fingerprint density at radius 2 is 1.43 bits per heavy atom. The molecule has 152 valence electrons. The second-order valence-corrected chi connectivity index (χ2v) is 8.50. The van der Waals surface area contributed by atoms with Gasteiger partial charge in [-0.15, -0.1) is 0 Å². The van der Waals surface area contributed by atoms with E-state index >= 15 is 0 Å². The Morgan fingerprint density at radius 1 is 0.929 bits per heavy atom. The predicted molar refractivity (Wildman–Crippen MR) is 115 cm³/mol. The standard InChI is InChI=1S/C25H34O3/c1-9-19(6)27-22-12-10-20(14-17(22)4)25(7,8)21-11-13-23(18(5)15-21)28-24(26)16(2)3/h10-16,19H,9H2,1-8H3. The van der Waals surface area contributed by atoms with E-state index < -0.39 is 0 Å². The van der Waals surface area contributed by atoms with Gasteiger partial charge >= 0.3 is 5.97 Å². The highest BCUT2D eigenvalue weighted by Crippen LogP contribution is 2.36. The van der Waals surface area contributed by atoms with Crippen LogP contribution in [-0.2, 0) is 10.2 Å². The fourth-order valence-corrected chi connectivity index (χ4v) is 3.02. The Morgan fingerprint density at radius 3 is 1.86 bits per heavy atom. The molecule has 3 heteroatoms. The number of aryl methyl sites for hydroxylation is 2. The molecular formula is C25H34O3. The molecule has 0 aliphatic rings. The zero-order valence-corrected chi connectivity index (χ0v) is 18.6. The summed E-state index contributed by atoms with van der Waals surface area (Å²) in [4.78, 5) is 11.9. The Labute approximate surface area is 170 Å². The van der Waals surface area contributed by atoms with Crippen molar-refractivity contribution in [3.05, 3.63) is 58.7 Å². The van der Waals surface area contributed by atoms with Crippen LogP contribution < -0.4 is 9.47 Å². The van der Waals surface area contributed by atoms with Gasteiger partial charge in [-0.2, -0.15) is 0 Å². The van der Waals surface area contributed by atoms with E-state index in [0.717, 1.165) is 23.3 Å². The van der Waals surface area contributed by atoms with Crippen LogP contribution in [0.5, 0.6) is 11.5 Å². The highest BCUT2D eigenvalue weighted by molar-refractivity contribution is 5.74. The summed E-state index contributed by atoms with van der Waals surface area (Å²) in [5.74, 6) is 1.23. The van der Waals surface area contributed by atoms with Crippen LogP contribution in [0.3, 0.4) is 0 Å². The smallest absolute Gasteiger partial charge is 0.313 e. The molecule has 0 aromatic heterocycles. The van der Waals surface area contributed by atoms with E-state index in [2.05, 4.69) is 65.0 Å². The molecule has 1 atom stereocenters. The first-order valence-corrected chi connectivity index (χ1v) is 10.2. The number of hydrogen-bond donors (Lipinski definition) is 0. The van der Waals surface area contributed by atoms with E-state index in [-0.39, 0.29) is 23.4 Å². The van der Waals surface area contributed by atoms with E-state index in [1.807, 2.05) is 26.8 Å². The SMILES string of the molecule is CCC(C)Oc1ccc(C(C)(C)c2ccc(OC(=O)C(C)C)c(C)c2)cc1C. The normalized spacial score (nSPS) is 12.8. The first-order chi connectivity index (χ1) is 13.1. The van der Waals surface area contributed by atoms with Crippen LogP contribution in [-0.4, -0.2) is 12.1 Å². The fraction of sp³-hybridized carbons (Fsp3) is 0.480. The molecule has 0 aliphatic heterocycles. The summed E-state index contributed by atoms with van der Waals surface area (Å²) >= 11 is 0. The summed E-state index contributed by atoms with van der Waals surface area (Å²) in [5, 5.41) is 0. The Bertz CT molecular complexity index is 834. The number of carbonyl (C=O) groups excluding carboxylic acids is 1. The topological polar surface area (TPSA) is 35.5 Å². The molecule has 2 rings (SSSR count). The first kappa shape index (κ1) is 22.0. The zero-order valence-electron chi connectivity index (χ0n) is 18.6. The van der Waals surface area contributed by atoms with Gasteiger partial charge in [0.05, 0.1) is 12.0 Å². The molecule has 2 aromatic rings. The van der Waals surface area contributed by atoms with Crippen molar-refractivity contribution in [2.24, 2.45) is 5.92 Å². The quantitative estimate of drug-likeness (QED) is 0.412. The number of carbonyl (C=O) groups is 1. The number of hydrogen-bond acceptors (Lipinski definition) is 3. The number of esters is 1. The molecule has 0 heterocycles. The minimum Gasteiger partial charge on any atom is -0.490 e. The van der Waals surface area contributed by atoms with Gasteiger partial charge in [-0.05, 0) is 61.6 Å². The third-order valence-electron chi connectivity index (χ3n) is 5.38. The maximum Gasteiger partial charge on any atom is 0.313 e. The highest BCUT2D eigenvalue weighted by Gasteiger charge is 2.25. The van der Waals surface area contributed by atoms with Gasteiger partial charge in [-0.3, -0.25) is 4.79 Å². The summed E-state index contributed by atoms with van der Waals surface area (Å²) in [5.41, 5.74) is 4.35. The van der Waals surface area contributed by atoms with Crippen molar-refractivity contribution in [2.75, 3.05) is 0 Å². The molecule has 0 radical (unpaired) electrons. The Balaban J connectivity index is 2.30. The fourth-order valence-electron chi connectivity index (χ4n) is 3.02. The van der Waals surface area contributed by atoms with Crippen molar-refractivity contribution < 1.29 is 14.3 Å². The van der Waals surface area contributed by atoms with Crippen molar-refractivity contribution in [1.29, 1.82) is 0 Å².